The van der Waals surface area contributed by atoms with Crippen LogP contribution in [-0.2, 0) is 9.53 Å². The van der Waals surface area contributed by atoms with Gasteiger partial charge in [-0.15, -0.1) is 0 Å². The van der Waals surface area contributed by atoms with Crippen molar-refractivity contribution in [3.8, 4) is 0 Å². The third-order valence-electron chi connectivity index (χ3n) is 2.86. The number of carbonyl (C=O) groups excluding carboxylic acids is 2. The minimum atomic E-state index is -0.636. The standard InChI is InChI=1S/C15H22N2O4S/c18-8-10-21-9-7-16-15(20)13(6-11-22)17-14(19)12-4-2-1-3-5-12/h1-5,13,18,22H,6-11H2,(H,16,20)(H,17,19). The van der Waals surface area contributed by atoms with Crippen LogP contribution < -0.4 is 10.6 Å². The van der Waals surface area contributed by atoms with Crippen molar-refractivity contribution < 1.29 is 19.4 Å². The summed E-state index contributed by atoms with van der Waals surface area (Å²) < 4.78 is 5.06. The second-order valence-electron chi connectivity index (χ2n) is 4.53. The molecule has 0 aliphatic heterocycles. The molecule has 0 saturated carbocycles. The number of hydrogen-bond acceptors (Lipinski definition) is 5. The first-order valence-electron chi connectivity index (χ1n) is 7.12. The van der Waals surface area contributed by atoms with Gasteiger partial charge < -0.3 is 20.5 Å². The van der Waals surface area contributed by atoms with Gasteiger partial charge in [0.05, 0.1) is 19.8 Å². The third kappa shape index (κ3) is 6.93. The van der Waals surface area contributed by atoms with Gasteiger partial charge >= 0.3 is 0 Å². The fourth-order valence-corrected chi connectivity index (χ4v) is 2.02. The molecule has 122 valence electrons. The predicted octanol–water partition coefficient (Wildman–Crippen LogP) is 0.230. The topological polar surface area (TPSA) is 87.7 Å². The van der Waals surface area contributed by atoms with Crippen LogP contribution in [0.5, 0.6) is 0 Å². The number of thiol groups is 1. The largest absolute Gasteiger partial charge is 0.394 e. The van der Waals surface area contributed by atoms with E-state index in [1.165, 1.54) is 0 Å². The Hall–Kier alpha value is -1.57. The Bertz CT molecular complexity index is 456. The Morgan fingerprint density at radius 3 is 2.59 bits per heavy atom. The van der Waals surface area contributed by atoms with Crippen LogP contribution in [0.25, 0.3) is 0 Å². The number of rotatable bonds is 10. The molecule has 2 amide bonds. The maximum Gasteiger partial charge on any atom is 0.251 e. The highest BCUT2D eigenvalue weighted by Gasteiger charge is 2.20. The van der Waals surface area contributed by atoms with E-state index in [1.54, 1.807) is 24.3 Å². The summed E-state index contributed by atoms with van der Waals surface area (Å²) in [7, 11) is 0. The number of carbonyl (C=O) groups is 2. The number of nitrogens with one attached hydrogen (secondary N) is 2. The predicted molar refractivity (Wildman–Crippen MR) is 87.1 cm³/mol. The minimum absolute atomic E-state index is 0.0522. The zero-order valence-electron chi connectivity index (χ0n) is 12.3. The number of ether oxygens (including phenoxy) is 1. The van der Waals surface area contributed by atoms with Gasteiger partial charge in [-0.3, -0.25) is 9.59 Å². The SMILES string of the molecule is O=C(NC(CCS)C(=O)NCCOCCO)c1ccccc1. The molecule has 0 fully saturated rings. The Labute approximate surface area is 135 Å². The highest BCUT2D eigenvalue weighted by atomic mass is 32.1. The van der Waals surface area contributed by atoms with Crippen molar-refractivity contribution >= 4 is 24.4 Å². The maximum absolute atomic E-state index is 12.1. The lowest BCUT2D eigenvalue weighted by Gasteiger charge is -2.17. The van der Waals surface area contributed by atoms with Crippen molar-refractivity contribution in [3.05, 3.63) is 35.9 Å². The van der Waals surface area contributed by atoms with E-state index in [1.807, 2.05) is 6.07 Å². The molecule has 0 aliphatic carbocycles. The Morgan fingerprint density at radius 2 is 1.95 bits per heavy atom. The molecule has 0 aromatic heterocycles. The van der Waals surface area contributed by atoms with Crippen LogP contribution >= 0.6 is 12.6 Å². The van der Waals surface area contributed by atoms with Crippen LogP contribution in [0.4, 0.5) is 0 Å². The molecule has 22 heavy (non-hydrogen) atoms. The summed E-state index contributed by atoms with van der Waals surface area (Å²) in [6, 6.07) is 8.09. The molecule has 1 rings (SSSR count). The highest BCUT2D eigenvalue weighted by molar-refractivity contribution is 7.80. The summed E-state index contributed by atoms with van der Waals surface area (Å²) in [6.45, 7) is 0.819. The fraction of sp³-hybridized carbons (Fsp3) is 0.467. The van der Waals surface area contributed by atoms with Crippen LogP contribution in [0.2, 0.25) is 0 Å². The average molecular weight is 326 g/mol. The normalized spacial score (nSPS) is 11.7. The van der Waals surface area contributed by atoms with E-state index >= 15 is 0 Å². The summed E-state index contributed by atoms with van der Waals surface area (Å²) in [5, 5.41) is 14.0. The van der Waals surface area contributed by atoms with Gasteiger partial charge in [-0.2, -0.15) is 12.6 Å². The van der Waals surface area contributed by atoms with Crippen LogP contribution in [0, 0.1) is 0 Å². The monoisotopic (exact) mass is 326 g/mol. The van der Waals surface area contributed by atoms with Crippen molar-refractivity contribution in [3.63, 3.8) is 0 Å². The maximum atomic E-state index is 12.1. The molecule has 0 saturated heterocycles. The average Bonchev–Trinajstić information content (AvgIpc) is 2.54. The molecule has 7 heteroatoms. The number of amides is 2. The van der Waals surface area contributed by atoms with E-state index in [-0.39, 0.29) is 25.0 Å². The van der Waals surface area contributed by atoms with Crippen LogP contribution in [0.3, 0.4) is 0 Å². The first-order valence-corrected chi connectivity index (χ1v) is 7.75. The lowest BCUT2D eigenvalue weighted by Crippen LogP contribution is -2.47. The molecule has 1 atom stereocenters. The van der Waals surface area contributed by atoms with E-state index in [0.29, 0.717) is 30.9 Å². The van der Waals surface area contributed by atoms with Crippen LogP contribution in [0.15, 0.2) is 30.3 Å². The van der Waals surface area contributed by atoms with Crippen molar-refractivity contribution in [1.29, 1.82) is 0 Å². The quantitative estimate of drug-likeness (QED) is 0.366. The molecule has 6 nitrogen and oxygen atoms in total. The number of aliphatic hydroxyl groups is 1. The van der Waals surface area contributed by atoms with Crippen LogP contribution in [0.1, 0.15) is 16.8 Å². The van der Waals surface area contributed by atoms with E-state index < -0.39 is 6.04 Å². The van der Waals surface area contributed by atoms with Gasteiger partial charge in [0.25, 0.3) is 5.91 Å². The van der Waals surface area contributed by atoms with E-state index in [4.69, 9.17) is 9.84 Å². The van der Waals surface area contributed by atoms with Gasteiger partial charge in [0.1, 0.15) is 6.04 Å². The molecule has 1 unspecified atom stereocenters. The molecule has 1 aromatic carbocycles. The zero-order valence-corrected chi connectivity index (χ0v) is 13.2. The number of aliphatic hydroxyl groups excluding tert-OH is 1. The molecular weight excluding hydrogens is 304 g/mol. The third-order valence-corrected chi connectivity index (χ3v) is 3.12. The minimum Gasteiger partial charge on any atom is -0.394 e. The summed E-state index contributed by atoms with van der Waals surface area (Å²) in [5.74, 6) is -0.0845. The smallest absolute Gasteiger partial charge is 0.251 e. The summed E-state index contributed by atoms with van der Waals surface area (Å²) in [5.41, 5.74) is 0.505. The number of hydrogen-bond donors (Lipinski definition) is 4. The molecule has 0 heterocycles. The Morgan fingerprint density at radius 1 is 1.23 bits per heavy atom. The zero-order chi connectivity index (χ0) is 16.2. The van der Waals surface area contributed by atoms with E-state index in [0.717, 1.165) is 0 Å². The van der Waals surface area contributed by atoms with Gasteiger partial charge in [-0.1, -0.05) is 18.2 Å². The van der Waals surface area contributed by atoms with Crippen LogP contribution in [-0.4, -0.2) is 55.1 Å². The van der Waals surface area contributed by atoms with Crippen molar-refractivity contribution in [1.82, 2.24) is 10.6 Å². The van der Waals surface area contributed by atoms with Crippen molar-refractivity contribution in [2.45, 2.75) is 12.5 Å². The summed E-state index contributed by atoms with van der Waals surface area (Å²) >= 11 is 4.12. The van der Waals surface area contributed by atoms with E-state index in [9.17, 15) is 9.59 Å². The lowest BCUT2D eigenvalue weighted by molar-refractivity contribution is -0.123. The molecule has 0 radical (unpaired) electrons. The fourth-order valence-electron chi connectivity index (χ4n) is 1.77. The lowest BCUT2D eigenvalue weighted by atomic mass is 10.1. The molecule has 3 N–H and O–H groups in total. The first kappa shape index (κ1) is 18.5. The van der Waals surface area contributed by atoms with Gasteiger partial charge in [0, 0.05) is 12.1 Å². The summed E-state index contributed by atoms with van der Waals surface area (Å²) in [4.78, 5) is 24.1. The molecule has 0 spiro atoms. The Balaban J connectivity index is 2.46. The van der Waals surface area contributed by atoms with Gasteiger partial charge in [-0.05, 0) is 24.3 Å². The summed E-state index contributed by atoms with van der Waals surface area (Å²) in [6.07, 6.45) is 0.436. The first-order chi connectivity index (χ1) is 10.7. The number of benzene rings is 1. The Kier molecular flexibility index (Phi) is 9.29. The van der Waals surface area contributed by atoms with Crippen molar-refractivity contribution in [2.75, 3.05) is 32.1 Å². The van der Waals surface area contributed by atoms with E-state index in [2.05, 4.69) is 23.3 Å². The molecular formula is C15H22N2O4S. The molecule has 0 aliphatic rings. The second-order valence-corrected chi connectivity index (χ2v) is 4.98. The van der Waals surface area contributed by atoms with Gasteiger partial charge in [0.15, 0.2) is 0 Å². The van der Waals surface area contributed by atoms with Gasteiger partial charge in [0.2, 0.25) is 5.91 Å². The second kappa shape index (κ2) is 11.1. The molecule has 1 aromatic rings. The highest BCUT2D eigenvalue weighted by Crippen LogP contribution is 2.01. The molecule has 0 bridgehead atoms. The van der Waals surface area contributed by atoms with Gasteiger partial charge in [-0.25, -0.2) is 0 Å². The van der Waals surface area contributed by atoms with Crippen molar-refractivity contribution in [2.24, 2.45) is 0 Å².